The van der Waals surface area contributed by atoms with Crippen LogP contribution in [0.3, 0.4) is 0 Å². The van der Waals surface area contributed by atoms with E-state index < -0.39 is 0 Å². The smallest absolute Gasteiger partial charge is 0.330 e. The average Bonchev–Trinajstić information content (AvgIpc) is 3.00. The Morgan fingerprint density at radius 3 is 2.17 bits per heavy atom. The number of benzene rings is 3. The zero-order valence-corrected chi connectivity index (χ0v) is 23.6. The number of piperazine rings is 1. The van der Waals surface area contributed by atoms with Crippen molar-refractivity contribution in [2.24, 2.45) is 0 Å². The van der Waals surface area contributed by atoms with Gasteiger partial charge in [0.2, 0.25) is 0 Å². The quantitative estimate of drug-likeness (QED) is 0.115. The highest BCUT2D eigenvalue weighted by atomic mass is 16.5. The van der Waals surface area contributed by atoms with Gasteiger partial charge < -0.3 is 19.1 Å². The molecule has 0 aliphatic carbocycles. The highest BCUT2D eigenvalue weighted by Crippen LogP contribution is 2.30. The highest BCUT2D eigenvalue weighted by molar-refractivity contribution is 5.82. The molecular weight excluding hydrogens is 500 g/mol. The second-order valence-corrected chi connectivity index (χ2v) is 9.68. The van der Waals surface area contributed by atoms with E-state index in [0.29, 0.717) is 19.0 Å². The molecule has 6 nitrogen and oxygen atoms in total. The number of nitrogens with zero attached hydrogens (tertiary/aromatic N) is 2. The van der Waals surface area contributed by atoms with Crippen LogP contribution in [-0.4, -0.2) is 68.8 Å². The molecule has 0 N–H and O–H groups in total. The third kappa shape index (κ3) is 8.57. The summed E-state index contributed by atoms with van der Waals surface area (Å²) in [6.07, 6.45) is 7.72. The summed E-state index contributed by atoms with van der Waals surface area (Å²) >= 11 is 0. The third-order valence-corrected chi connectivity index (χ3v) is 6.99. The second-order valence-electron chi connectivity index (χ2n) is 9.68. The molecule has 1 fully saturated rings. The molecule has 1 heterocycles. The zero-order chi connectivity index (χ0) is 28.0. The predicted octanol–water partition coefficient (Wildman–Crippen LogP) is 6.00. The maximum Gasteiger partial charge on any atom is 0.330 e. The summed E-state index contributed by atoms with van der Waals surface area (Å²) in [5.74, 6) is 1.08. The lowest BCUT2D eigenvalue weighted by atomic mass is 9.96. The second kappa shape index (κ2) is 15.7. The van der Waals surface area contributed by atoms with E-state index in [4.69, 9.17) is 14.2 Å². The minimum atomic E-state index is -0.348. The van der Waals surface area contributed by atoms with Gasteiger partial charge in [0.05, 0.1) is 26.4 Å². The van der Waals surface area contributed by atoms with Crippen LogP contribution in [0.25, 0.3) is 6.08 Å². The van der Waals surface area contributed by atoms with Crippen molar-refractivity contribution in [1.29, 1.82) is 0 Å². The third-order valence-electron chi connectivity index (χ3n) is 6.99. The molecule has 3 aromatic carbocycles. The first-order chi connectivity index (χ1) is 19.7. The molecule has 40 heavy (non-hydrogen) atoms. The fourth-order valence-electron chi connectivity index (χ4n) is 5.00. The molecule has 0 radical (unpaired) electrons. The van der Waals surface area contributed by atoms with Crippen LogP contribution in [0, 0.1) is 0 Å². The molecule has 6 heteroatoms. The SMILES string of the molecule is CCOC(=O)C=CC=Cc1ccc(OCCCN2CCN(C(c3ccccc3)c3ccccc3)CC2)c(OC)c1. The molecule has 3 aromatic rings. The maximum atomic E-state index is 11.4. The van der Waals surface area contributed by atoms with Crippen LogP contribution < -0.4 is 9.47 Å². The van der Waals surface area contributed by atoms with Crippen molar-refractivity contribution < 1.29 is 19.0 Å². The Balaban J connectivity index is 1.23. The largest absolute Gasteiger partial charge is 0.493 e. The van der Waals surface area contributed by atoms with Gasteiger partial charge in [-0.25, -0.2) is 4.79 Å². The van der Waals surface area contributed by atoms with Gasteiger partial charge >= 0.3 is 5.97 Å². The number of ether oxygens (including phenoxy) is 3. The first kappa shape index (κ1) is 29.1. The Morgan fingerprint density at radius 1 is 0.875 bits per heavy atom. The van der Waals surface area contributed by atoms with Crippen molar-refractivity contribution in [2.45, 2.75) is 19.4 Å². The Labute approximate surface area is 238 Å². The average molecular weight is 541 g/mol. The van der Waals surface area contributed by atoms with E-state index in [1.165, 1.54) is 17.2 Å². The number of carbonyl (C=O) groups excluding carboxylic acids is 1. The minimum absolute atomic E-state index is 0.284. The van der Waals surface area contributed by atoms with Crippen molar-refractivity contribution in [1.82, 2.24) is 9.80 Å². The molecule has 4 rings (SSSR count). The Kier molecular flexibility index (Phi) is 11.4. The van der Waals surface area contributed by atoms with Crippen molar-refractivity contribution in [2.75, 3.05) is 53.0 Å². The topological polar surface area (TPSA) is 51.2 Å². The molecule has 1 aliphatic heterocycles. The van der Waals surface area contributed by atoms with E-state index in [0.717, 1.165) is 50.5 Å². The standard InChI is InChI=1S/C34H40N2O4/c1-3-39-33(37)18-11-10-13-28-19-20-31(32(27-28)38-2)40-26-12-21-35-22-24-36(25-23-35)34(29-14-6-4-7-15-29)30-16-8-5-9-17-30/h4-11,13-20,27,34H,3,12,21-26H2,1-2H3. The van der Waals surface area contributed by atoms with Crippen molar-refractivity contribution >= 4 is 12.0 Å². The van der Waals surface area contributed by atoms with Gasteiger partial charge in [0.25, 0.3) is 0 Å². The molecule has 0 aromatic heterocycles. The van der Waals surface area contributed by atoms with Gasteiger partial charge in [-0.05, 0) is 42.2 Å². The molecule has 1 aliphatic rings. The fraction of sp³-hybridized carbons (Fsp3) is 0.324. The Morgan fingerprint density at radius 2 is 1.55 bits per heavy atom. The maximum absolute atomic E-state index is 11.4. The number of carbonyl (C=O) groups is 1. The highest BCUT2D eigenvalue weighted by Gasteiger charge is 2.26. The number of hydrogen-bond donors (Lipinski definition) is 0. The first-order valence-electron chi connectivity index (χ1n) is 14.1. The van der Waals surface area contributed by atoms with Crippen molar-refractivity contribution in [3.05, 3.63) is 114 Å². The molecule has 0 spiro atoms. The predicted molar refractivity (Wildman–Crippen MR) is 161 cm³/mol. The Bertz CT molecular complexity index is 1200. The fourth-order valence-corrected chi connectivity index (χ4v) is 5.00. The van der Waals surface area contributed by atoms with Crippen LogP contribution in [0.1, 0.15) is 36.1 Å². The number of allylic oxidation sites excluding steroid dienone is 2. The monoisotopic (exact) mass is 540 g/mol. The minimum Gasteiger partial charge on any atom is -0.493 e. The lowest BCUT2D eigenvalue weighted by Crippen LogP contribution is -2.48. The van der Waals surface area contributed by atoms with E-state index in [1.54, 1.807) is 26.2 Å². The van der Waals surface area contributed by atoms with Crippen molar-refractivity contribution in [3.8, 4) is 11.5 Å². The zero-order valence-electron chi connectivity index (χ0n) is 23.6. The number of rotatable bonds is 13. The molecule has 0 amide bonds. The molecule has 0 bridgehead atoms. The first-order valence-corrected chi connectivity index (χ1v) is 14.1. The van der Waals surface area contributed by atoms with Crippen LogP contribution in [0.4, 0.5) is 0 Å². The molecular formula is C34H40N2O4. The van der Waals surface area contributed by atoms with Gasteiger partial charge in [0.1, 0.15) is 0 Å². The van der Waals surface area contributed by atoms with Gasteiger partial charge in [-0.3, -0.25) is 4.90 Å². The lowest BCUT2D eigenvalue weighted by molar-refractivity contribution is -0.137. The van der Waals surface area contributed by atoms with Crippen LogP contribution in [0.15, 0.2) is 97.1 Å². The summed E-state index contributed by atoms with van der Waals surface area (Å²) in [4.78, 5) is 16.5. The van der Waals surface area contributed by atoms with Gasteiger partial charge in [0, 0.05) is 38.8 Å². The van der Waals surface area contributed by atoms with Crippen LogP contribution >= 0.6 is 0 Å². The van der Waals surface area contributed by atoms with Gasteiger partial charge in [-0.2, -0.15) is 0 Å². The van der Waals surface area contributed by atoms with Crippen LogP contribution in [-0.2, 0) is 9.53 Å². The summed E-state index contributed by atoms with van der Waals surface area (Å²) in [5, 5.41) is 0. The summed E-state index contributed by atoms with van der Waals surface area (Å²) in [7, 11) is 1.65. The van der Waals surface area contributed by atoms with Crippen molar-refractivity contribution in [3.63, 3.8) is 0 Å². The summed E-state index contributed by atoms with van der Waals surface area (Å²) in [6.45, 7) is 7.95. The van der Waals surface area contributed by atoms with E-state index in [1.807, 2.05) is 24.3 Å². The van der Waals surface area contributed by atoms with E-state index >= 15 is 0 Å². The van der Waals surface area contributed by atoms with Crippen LogP contribution in [0.2, 0.25) is 0 Å². The summed E-state index contributed by atoms with van der Waals surface area (Å²) < 4.78 is 16.5. The summed E-state index contributed by atoms with van der Waals surface area (Å²) in [6, 6.07) is 27.8. The van der Waals surface area contributed by atoms with E-state index in [9.17, 15) is 4.79 Å². The summed E-state index contributed by atoms with van der Waals surface area (Å²) in [5.41, 5.74) is 3.65. The van der Waals surface area contributed by atoms with Gasteiger partial charge in [0.15, 0.2) is 11.5 Å². The van der Waals surface area contributed by atoms with Crippen LogP contribution in [0.5, 0.6) is 11.5 Å². The van der Waals surface area contributed by atoms with E-state index in [2.05, 4.69) is 70.5 Å². The van der Waals surface area contributed by atoms with E-state index in [-0.39, 0.29) is 12.0 Å². The molecule has 1 saturated heterocycles. The number of methoxy groups -OCH3 is 1. The number of esters is 1. The normalized spacial score (nSPS) is 14.7. The van der Waals surface area contributed by atoms with Gasteiger partial charge in [-0.15, -0.1) is 0 Å². The molecule has 0 unspecified atom stereocenters. The molecule has 0 saturated carbocycles. The lowest BCUT2D eigenvalue weighted by Gasteiger charge is -2.39. The molecule has 210 valence electrons. The van der Waals surface area contributed by atoms with Gasteiger partial charge in [-0.1, -0.05) is 85.0 Å². The number of hydrogen-bond acceptors (Lipinski definition) is 6. The Hall–Kier alpha value is -3.87. The molecule has 0 atom stereocenters.